The molecule has 1 heterocycles. The van der Waals surface area contributed by atoms with Crippen molar-refractivity contribution >= 4 is 35.8 Å². The van der Waals surface area contributed by atoms with Gasteiger partial charge in [0.2, 0.25) is 0 Å². The van der Waals surface area contributed by atoms with Crippen LogP contribution in [0.5, 0.6) is 0 Å². The molecule has 1 aromatic rings. The maximum absolute atomic E-state index is 5.77. The van der Waals surface area contributed by atoms with Crippen LogP contribution in [0.2, 0.25) is 0 Å². The van der Waals surface area contributed by atoms with Crippen molar-refractivity contribution in [1.82, 2.24) is 0 Å². The highest BCUT2D eigenvalue weighted by Crippen LogP contribution is 2.43. The van der Waals surface area contributed by atoms with Gasteiger partial charge in [-0.25, -0.2) is 0 Å². The van der Waals surface area contributed by atoms with Gasteiger partial charge in [0.05, 0.1) is 0 Å². The fourth-order valence-electron chi connectivity index (χ4n) is 1.25. The van der Waals surface area contributed by atoms with Gasteiger partial charge in [0.15, 0.2) is 0 Å². The lowest BCUT2D eigenvalue weighted by Crippen LogP contribution is -1.99. The lowest BCUT2D eigenvalue weighted by Gasteiger charge is -2.04. The van der Waals surface area contributed by atoms with E-state index in [0.717, 1.165) is 16.9 Å². The summed E-state index contributed by atoms with van der Waals surface area (Å²) >= 11 is 6.03. The zero-order valence-electron chi connectivity index (χ0n) is 6.66. The Morgan fingerprint density at radius 3 is 3.08 bits per heavy atom. The maximum Gasteiger partial charge on any atom is 0.121 e. The maximum atomic E-state index is 5.77. The molecule has 0 bridgehead atoms. The van der Waals surface area contributed by atoms with Crippen molar-refractivity contribution in [3.05, 3.63) is 17.7 Å². The lowest BCUT2D eigenvalue weighted by atomic mass is 10.2. The third-order valence-electron chi connectivity index (χ3n) is 1.96. The van der Waals surface area contributed by atoms with Crippen LogP contribution in [0.1, 0.15) is 5.56 Å². The fraction of sp³-hybridized carbons (Fsp3) is 0.250. The van der Waals surface area contributed by atoms with Gasteiger partial charge in [0.1, 0.15) is 4.71 Å². The van der Waals surface area contributed by atoms with Crippen molar-refractivity contribution in [3.8, 4) is 0 Å². The van der Waals surface area contributed by atoms with Gasteiger partial charge in [-0.15, -0.1) is 12.6 Å². The van der Waals surface area contributed by atoms with E-state index >= 15 is 0 Å². The Morgan fingerprint density at radius 2 is 2.33 bits per heavy atom. The summed E-state index contributed by atoms with van der Waals surface area (Å²) in [5, 5.41) is 3.24. The first-order valence-corrected chi connectivity index (χ1v) is 5.08. The second-order valence-electron chi connectivity index (χ2n) is 2.77. The minimum atomic E-state index is 0.167. The second kappa shape index (κ2) is 2.78. The van der Waals surface area contributed by atoms with E-state index in [9.17, 15) is 0 Å². The van der Waals surface area contributed by atoms with Crippen molar-refractivity contribution < 1.29 is 0 Å². The summed E-state index contributed by atoms with van der Waals surface area (Å²) in [6, 6.07) is 3.93. The van der Waals surface area contributed by atoms with Gasteiger partial charge < -0.3 is 11.1 Å². The summed E-state index contributed by atoms with van der Waals surface area (Å²) in [6.45, 7) is 2.04. The highest BCUT2D eigenvalue weighted by atomic mass is 32.2. The first-order chi connectivity index (χ1) is 5.68. The summed E-state index contributed by atoms with van der Waals surface area (Å²) in [5.41, 5.74) is 8.92. The highest BCUT2D eigenvalue weighted by Gasteiger charge is 2.20. The number of nitrogens with one attached hydrogen (secondary N) is 1. The fourth-order valence-corrected chi connectivity index (χ4v) is 2.66. The average molecular weight is 198 g/mol. The molecule has 1 aliphatic rings. The van der Waals surface area contributed by atoms with Crippen molar-refractivity contribution in [1.29, 1.82) is 0 Å². The SMILES string of the molecule is Cc1c(N)ccc2c1SC(S)N2. The number of anilines is 2. The first kappa shape index (κ1) is 8.13. The minimum absolute atomic E-state index is 0.167. The second-order valence-corrected chi connectivity index (χ2v) is 4.75. The molecule has 2 nitrogen and oxygen atoms in total. The molecule has 2 rings (SSSR count). The standard InChI is InChI=1S/C8H10N2S2/c1-4-5(9)2-3-6-7(4)12-8(11)10-6/h2-3,8,10-11H,9H2,1H3. The molecule has 0 aromatic heterocycles. The predicted molar refractivity (Wildman–Crippen MR) is 57.8 cm³/mol. The van der Waals surface area contributed by atoms with Crippen LogP contribution in [0, 0.1) is 6.92 Å². The normalized spacial score (nSPS) is 20.3. The molecule has 4 heteroatoms. The molecule has 64 valence electrons. The van der Waals surface area contributed by atoms with E-state index in [1.54, 1.807) is 11.8 Å². The molecular formula is C8H10N2S2. The highest BCUT2D eigenvalue weighted by molar-refractivity contribution is 8.11. The Balaban J connectivity index is 2.54. The van der Waals surface area contributed by atoms with Crippen LogP contribution in [0.3, 0.4) is 0 Å². The zero-order chi connectivity index (χ0) is 8.72. The molecule has 0 spiro atoms. The monoisotopic (exact) mass is 198 g/mol. The molecular weight excluding hydrogens is 188 g/mol. The molecule has 1 aliphatic heterocycles. The number of thiol groups is 1. The smallest absolute Gasteiger partial charge is 0.121 e. The molecule has 3 N–H and O–H groups in total. The molecule has 0 radical (unpaired) electrons. The summed E-state index contributed by atoms with van der Waals surface area (Å²) in [6.07, 6.45) is 0. The summed E-state index contributed by atoms with van der Waals surface area (Å²) in [7, 11) is 0. The number of thioether (sulfide) groups is 1. The van der Waals surface area contributed by atoms with Crippen LogP contribution >= 0.6 is 24.4 Å². The molecule has 0 fully saturated rings. The molecule has 0 saturated carbocycles. The van der Waals surface area contributed by atoms with E-state index in [2.05, 4.69) is 17.9 Å². The van der Waals surface area contributed by atoms with Crippen molar-refractivity contribution in [2.24, 2.45) is 0 Å². The van der Waals surface area contributed by atoms with E-state index in [0.29, 0.717) is 0 Å². The number of nitrogens with two attached hydrogens (primary N) is 1. The van der Waals surface area contributed by atoms with Crippen molar-refractivity contribution in [3.63, 3.8) is 0 Å². The van der Waals surface area contributed by atoms with Crippen LogP contribution < -0.4 is 11.1 Å². The van der Waals surface area contributed by atoms with E-state index in [4.69, 9.17) is 5.73 Å². The van der Waals surface area contributed by atoms with Crippen LogP contribution in [0.4, 0.5) is 11.4 Å². The molecule has 1 aromatic carbocycles. The molecule has 0 saturated heterocycles. The number of hydrogen-bond donors (Lipinski definition) is 3. The number of nitrogen functional groups attached to an aromatic ring is 1. The van der Waals surface area contributed by atoms with Crippen LogP contribution in [-0.2, 0) is 0 Å². The third kappa shape index (κ3) is 1.15. The van der Waals surface area contributed by atoms with E-state index in [1.165, 1.54) is 4.90 Å². The van der Waals surface area contributed by atoms with Gasteiger partial charge in [-0.3, -0.25) is 0 Å². The Labute approximate surface area is 81.3 Å². The van der Waals surface area contributed by atoms with Gasteiger partial charge in [-0.1, -0.05) is 11.8 Å². The van der Waals surface area contributed by atoms with Gasteiger partial charge in [0.25, 0.3) is 0 Å². The van der Waals surface area contributed by atoms with Gasteiger partial charge >= 0.3 is 0 Å². The van der Waals surface area contributed by atoms with E-state index < -0.39 is 0 Å². The van der Waals surface area contributed by atoms with Gasteiger partial charge in [0, 0.05) is 16.3 Å². The van der Waals surface area contributed by atoms with Crippen LogP contribution in [-0.4, -0.2) is 4.71 Å². The zero-order valence-corrected chi connectivity index (χ0v) is 8.38. The molecule has 1 atom stereocenters. The minimum Gasteiger partial charge on any atom is -0.398 e. The molecule has 0 aliphatic carbocycles. The lowest BCUT2D eigenvalue weighted by molar-refractivity contribution is 1.31. The first-order valence-electron chi connectivity index (χ1n) is 3.69. The molecule has 12 heavy (non-hydrogen) atoms. The summed E-state index contributed by atoms with van der Waals surface area (Å²) in [5.74, 6) is 0. The largest absolute Gasteiger partial charge is 0.398 e. The number of benzene rings is 1. The van der Waals surface area contributed by atoms with Gasteiger partial charge in [-0.2, -0.15) is 0 Å². The number of rotatable bonds is 0. The molecule has 0 amide bonds. The molecule has 1 unspecified atom stereocenters. The predicted octanol–water partition coefficient (Wildman–Crippen LogP) is 2.31. The topological polar surface area (TPSA) is 38.0 Å². The van der Waals surface area contributed by atoms with Crippen LogP contribution in [0.25, 0.3) is 0 Å². The van der Waals surface area contributed by atoms with Crippen molar-refractivity contribution in [2.45, 2.75) is 16.5 Å². The number of fused-ring (bicyclic) bond motifs is 1. The quantitative estimate of drug-likeness (QED) is 0.442. The van der Waals surface area contributed by atoms with Crippen LogP contribution in [0.15, 0.2) is 17.0 Å². The van der Waals surface area contributed by atoms with E-state index in [1.807, 2.05) is 19.1 Å². The summed E-state index contributed by atoms with van der Waals surface area (Å²) < 4.78 is 0.167. The Bertz CT molecular complexity index is 325. The average Bonchev–Trinajstić information content (AvgIpc) is 2.39. The Hall–Kier alpha value is -0.480. The Kier molecular flexibility index (Phi) is 1.88. The number of hydrogen-bond acceptors (Lipinski definition) is 4. The Morgan fingerprint density at radius 1 is 1.58 bits per heavy atom. The summed E-state index contributed by atoms with van der Waals surface area (Å²) in [4.78, 5) is 1.23. The third-order valence-corrected chi connectivity index (χ3v) is 3.50. The van der Waals surface area contributed by atoms with Crippen molar-refractivity contribution in [2.75, 3.05) is 11.1 Å². The van der Waals surface area contributed by atoms with Gasteiger partial charge in [-0.05, 0) is 24.6 Å². The van der Waals surface area contributed by atoms with E-state index in [-0.39, 0.29) is 4.71 Å².